The molecular formula is C76H124NO8+. The van der Waals surface area contributed by atoms with Crippen LogP contribution in [0.4, 0.5) is 0 Å². The van der Waals surface area contributed by atoms with Crippen LogP contribution in [-0.2, 0) is 33.3 Å². The zero-order valence-electron chi connectivity index (χ0n) is 54.7. The number of esters is 2. The van der Waals surface area contributed by atoms with E-state index in [4.69, 9.17) is 18.9 Å². The number of rotatable bonds is 60. The first-order valence-corrected chi connectivity index (χ1v) is 33.6. The van der Waals surface area contributed by atoms with Crippen LogP contribution in [0.5, 0.6) is 0 Å². The molecule has 0 spiro atoms. The van der Waals surface area contributed by atoms with Gasteiger partial charge in [0, 0.05) is 12.8 Å². The lowest BCUT2D eigenvalue weighted by molar-refractivity contribution is -0.870. The van der Waals surface area contributed by atoms with E-state index in [-0.39, 0.29) is 38.6 Å². The highest BCUT2D eigenvalue weighted by Gasteiger charge is 2.25. The summed E-state index contributed by atoms with van der Waals surface area (Å²) in [5, 5.41) is 9.73. The van der Waals surface area contributed by atoms with Crippen LogP contribution in [-0.4, -0.2) is 87.4 Å². The summed E-state index contributed by atoms with van der Waals surface area (Å²) < 4.78 is 22.9. The molecule has 0 saturated carbocycles. The van der Waals surface area contributed by atoms with Crippen molar-refractivity contribution in [1.82, 2.24) is 0 Å². The van der Waals surface area contributed by atoms with Crippen molar-refractivity contribution in [1.29, 1.82) is 0 Å². The summed E-state index contributed by atoms with van der Waals surface area (Å²) >= 11 is 0. The van der Waals surface area contributed by atoms with Crippen LogP contribution in [0.2, 0.25) is 0 Å². The maximum absolute atomic E-state index is 12.9. The van der Waals surface area contributed by atoms with Gasteiger partial charge in [-0.2, -0.15) is 0 Å². The Hall–Kier alpha value is -5.09. The van der Waals surface area contributed by atoms with Crippen molar-refractivity contribution < 1.29 is 42.9 Å². The molecule has 0 fully saturated rings. The molecule has 0 aromatic heterocycles. The van der Waals surface area contributed by atoms with Gasteiger partial charge in [-0.15, -0.1) is 0 Å². The summed E-state index contributed by atoms with van der Waals surface area (Å²) in [5.41, 5.74) is 0. The highest BCUT2D eigenvalue weighted by Crippen LogP contribution is 2.15. The van der Waals surface area contributed by atoms with Gasteiger partial charge in [-0.3, -0.25) is 9.59 Å². The van der Waals surface area contributed by atoms with Crippen LogP contribution in [0.1, 0.15) is 245 Å². The van der Waals surface area contributed by atoms with E-state index < -0.39 is 24.3 Å². The molecule has 2 atom stereocenters. The van der Waals surface area contributed by atoms with E-state index in [1.807, 2.05) is 21.1 Å². The lowest BCUT2D eigenvalue weighted by Crippen LogP contribution is -2.40. The molecular weight excluding hydrogens is 1050 g/mol. The Balaban J connectivity index is 4.17. The molecule has 9 heteroatoms. The molecule has 0 amide bonds. The summed E-state index contributed by atoms with van der Waals surface area (Å²) in [6.07, 6.45) is 93.4. The number of nitrogens with zero attached hydrogens (tertiary/aromatic N) is 1. The SMILES string of the molecule is CC/C=C\C/C=C\C/C=C\C/C=C\C/C=C\C/C=C\C/C=C\C/C=C\C/C=C\CCCCCCCCCCCCCC(=O)OC(COC(=O)CCCCCCCCCC/C=C\C/C=C\C/C=C\C/C=C\CC)COC(OCC[N+](C)(C)C)C(=O)O. The van der Waals surface area contributed by atoms with Crippen LogP contribution in [0.15, 0.2) is 158 Å². The number of quaternary nitrogens is 1. The predicted molar refractivity (Wildman–Crippen MR) is 363 cm³/mol. The van der Waals surface area contributed by atoms with Gasteiger partial charge in [0.05, 0.1) is 34.4 Å². The summed E-state index contributed by atoms with van der Waals surface area (Å²) in [5.74, 6) is -2.03. The number of likely N-dealkylation sites (N-methyl/N-ethyl adjacent to an activating group) is 1. The number of unbranched alkanes of at least 4 members (excludes halogenated alkanes) is 19. The first-order valence-electron chi connectivity index (χ1n) is 33.6. The molecule has 480 valence electrons. The number of carbonyl (C=O) groups is 3. The summed E-state index contributed by atoms with van der Waals surface area (Å²) in [6, 6.07) is 0. The minimum absolute atomic E-state index is 0.178. The van der Waals surface area contributed by atoms with Crippen molar-refractivity contribution in [2.75, 3.05) is 47.5 Å². The lowest BCUT2D eigenvalue weighted by Gasteiger charge is -2.25. The molecule has 0 aromatic rings. The minimum atomic E-state index is -1.52. The highest BCUT2D eigenvalue weighted by atomic mass is 16.7. The molecule has 0 radical (unpaired) electrons. The molecule has 0 aliphatic rings. The zero-order chi connectivity index (χ0) is 61.9. The number of carboxylic acid groups (broad SMARTS) is 1. The number of aliphatic carboxylic acids is 1. The molecule has 0 heterocycles. The molecule has 9 nitrogen and oxygen atoms in total. The summed E-state index contributed by atoms with van der Waals surface area (Å²) in [6.45, 7) is 4.63. The Labute approximate surface area is 521 Å². The first-order chi connectivity index (χ1) is 41.6. The second-order valence-electron chi connectivity index (χ2n) is 23.0. The molecule has 0 aliphatic heterocycles. The van der Waals surface area contributed by atoms with E-state index in [0.29, 0.717) is 17.4 Å². The average molecular weight is 1180 g/mol. The van der Waals surface area contributed by atoms with Crippen molar-refractivity contribution in [3.8, 4) is 0 Å². The van der Waals surface area contributed by atoms with Crippen LogP contribution in [0.3, 0.4) is 0 Å². The van der Waals surface area contributed by atoms with Gasteiger partial charge in [0.2, 0.25) is 0 Å². The van der Waals surface area contributed by atoms with Crippen LogP contribution < -0.4 is 0 Å². The van der Waals surface area contributed by atoms with Gasteiger partial charge in [0.1, 0.15) is 13.2 Å². The van der Waals surface area contributed by atoms with Crippen LogP contribution in [0.25, 0.3) is 0 Å². The van der Waals surface area contributed by atoms with Gasteiger partial charge in [0.25, 0.3) is 6.29 Å². The molecule has 0 rings (SSSR count). The molecule has 0 saturated heterocycles. The first kappa shape index (κ1) is 79.9. The fourth-order valence-corrected chi connectivity index (χ4v) is 8.70. The molecule has 0 aromatic carbocycles. The predicted octanol–water partition coefficient (Wildman–Crippen LogP) is 20.9. The lowest BCUT2D eigenvalue weighted by atomic mass is 10.0. The largest absolute Gasteiger partial charge is 0.477 e. The zero-order valence-corrected chi connectivity index (χ0v) is 54.7. The van der Waals surface area contributed by atoms with Gasteiger partial charge >= 0.3 is 17.9 Å². The third-order valence-electron chi connectivity index (χ3n) is 13.8. The topological polar surface area (TPSA) is 108 Å². The van der Waals surface area contributed by atoms with Gasteiger partial charge in [-0.1, -0.05) is 268 Å². The Morgan fingerprint density at radius 1 is 0.353 bits per heavy atom. The third-order valence-corrected chi connectivity index (χ3v) is 13.8. The standard InChI is InChI=1S/C76H123NO8/c1-6-8-10-12-14-16-18-20-22-24-26-28-29-30-31-32-33-34-35-36-37-38-39-40-41-42-43-44-45-47-49-51-53-55-57-59-61-63-65-67-74(79)85-72(71-84-76(75(80)81)82-69-68-77(3,4)5)70-83-73(78)66-64-62-60-58-56-54-52-50-48-46-27-25-23-21-19-17-15-13-11-9-7-2/h8-11,14-17,20-23,26-28,30-31,33-34,36-37,39-40,42-43,46,72,76H,6-7,12-13,18-19,24-25,29,32,35,38,41,44-45,47-71H2,1-5H3/p+1/b10-8-,11-9-,16-14-,17-15-,22-20-,23-21-,28-26-,31-30-,34-33-,37-36-,40-39-,43-42-,46-27-. The normalized spacial score (nSPS) is 13.8. The number of carboxylic acids is 1. The van der Waals surface area contributed by atoms with Crippen molar-refractivity contribution in [3.05, 3.63) is 158 Å². The van der Waals surface area contributed by atoms with Crippen molar-refractivity contribution in [3.63, 3.8) is 0 Å². The Morgan fingerprint density at radius 3 is 0.941 bits per heavy atom. The third kappa shape index (κ3) is 66.3. The van der Waals surface area contributed by atoms with E-state index in [1.165, 1.54) is 70.6 Å². The fourth-order valence-electron chi connectivity index (χ4n) is 8.70. The Morgan fingerprint density at radius 2 is 0.635 bits per heavy atom. The second-order valence-corrected chi connectivity index (χ2v) is 23.0. The highest BCUT2D eigenvalue weighted by molar-refractivity contribution is 5.71. The number of ether oxygens (including phenoxy) is 4. The van der Waals surface area contributed by atoms with Crippen LogP contribution >= 0.6 is 0 Å². The van der Waals surface area contributed by atoms with Gasteiger partial charge in [-0.25, -0.2) is 4.79 Å². The fraction of sp³-hybridized carbons (Fsp3) is 0.618. The quantitative estimate of drug-likeness (QED) is 0.0211. The molecule has 0 bridgehead atoms. The number of allylic oxidation sites excluding steroid dienone is 26. The van der Waals surface area contributed by atoms with Gasteiger partial charge in [-0.05, 0) is 122 Å². The average Bonchev–Trinajstić information content (AvgIpc) is 3.49. The van der Waals surface area contributed by atoms with Crippen molar-refractivity contribution >= 4 is 17.9 Å². The molecule has 85 heavy (non-hydrogen) atoms. The maximum atomic E-state index is 12.9. The summed E-state index contributed by atoms with van der Waals surface area (Å²) in [7, 11) is 5.96. The number of hydrogen-bond acceptors (Lipinski definition) is 7. The van der Waals surface area contributed by atoms with E-state index >= 15 is 0 Å². The van der Waals surface area contributed by atoms with Crippen molar-refractivity contribution in [2.45, 2.75) is 257 Å². The maximum Gasteiger partial charge on any atom is 0.361 e. The summed E-state index contributed by atoms with van der Waals surface area (Å²) in [4.78, 5) is 37.6. The number of carbonyl (C=O) groups excluding carboxylic acids is 2. The molecule has 0 aliphatic carbocycles. The Kier molecular flexibility index (Phi) is 61.0. The van der Waals surface area contributed by atoms with Gasteiger partial charge in [0.15, 0.2) is 6.10 Å². The van der Waals surface area contributed by atoms with Crippen LogP contribution in [0, 0.1) is 0 Å². The molecule has 1 N–H and O–H groups in total. The second kappa shape index (κ2) is 64.9. The van der Waals surface area contributed by atoms with E-state index in [0.717, 1.165) is 141 Å². The van der Waals surface area contributed by atoms with E-state index in [2.05, 4.69) is 172 Å². The van der Waals surface area contributed by atoms with E-state index in [1.54, 1.807) is 0 Å². The molecule has 2 unspecified atom stereocenters. The van der Waals surface area contributed by atoms with Gasteiger partial charge < -0.3 is 28.5 Å². The van der Waals surface area contributed by atoms with E-state index in [9.17, 15) is 19.5 Å². The minimum Gasteiger partial charge on any atom is -0.477 e. The monoisotopic (exact) mass is 1180 g/mol. The number of hydrogen-bond donors (Lipinski definition) is 1. The Bertz CT molecular complexity index is 1950. The van der Waals surface area contributed by atoms with Crippen molar-refractivity contribution in [2.24, 2.45) is 0 Å². The smallest absolute Gasteiger partial charge is 0.361 e.